The van der Waals surface area contributed by atoms with Gasteiger partial charge in [0.2, 0.25) is 0 Å². The van der Waals surface area contributed by atoms with Gasteiger partial charge in [0.25, 0.3) is 0 Å². The van der Waals surface area contributed by atoms with Crippen LogP contribution in [0.2, 0.25) is 5.02 Å². The molecule has 122 valence electrons. The van der Waals surface area contributed by atoms with Crippen LogP contribution in [-0.2, 0) is 6.54 Å². The van der Waals surface area contributed by atoms with Crippen LogP contribution in [0, 0.1) is 13.8 Å². The molecule has 1 fully saturated rings. The van der Waals surface area contributed by atoms with Crippen LogP contribution in [0.1, 0.15) is 22.3 Å². The van der Waals surface area contributed by atoms with Gasteiger partial charge < -0.3 is 5.32 Å². The summed E-state index contributed by atoms with van der Waals surface area (Å²) < 4.78 is 0. The Hall–Kier alpha value is -2.17. The van der Waals surface area contributed by atoms with E-state index in [0.717, 1.165) is 16.7 Å². The minimum Gasteiger partial charge on any atom is -0.305 e. The number of thiocarbonyl (C=S) groups is 1. The maximum absolute atomic E-state index is 12.3. The predicted molar refractivity (Wildman–Crippen MR) is 102 cm³/mol. The molecule has 1 aliphatic rings. The topological polar surface area (TPSA) is 32.3 Å². The first kappa shape index (κ1) is 16.7. The Balaban J connectivity index is 1.83. The molecule has 0 aliphatic carbocycles. The maximum atomic E-state index is 12.3. The quantitative estimate of drug-likeness (QED) is 0.629. The van der Waals surface area contributed by atoms with Gasteiger partial charge >= 0.3 is 6.03 Å². The standard InChI is InChI=1S/C19H17ClN2OS/c1-12-3-6-15(13(2)9-12)10-17-18(24)22(19(23)21-17)11-14-4-7-16(20)8-5-14/h3-10H,11H2,1-2H3,(H,21,23)/b17-10+. The van der Waals surface area contributed by atoms with Gasteiger partial charge in [-0.1, -0.05) is 59.7 Å². The van der Waals surface area contributed by atoms with Crippen LogP contribution < -0.4 is 5.32 Å². The summed E-state index contributed by atoms with van der Waals surface area (Å²) in [5.41, 5.74) is 5.04. The molecule has 1 saturated heterocycles. The smallest absolute Gasteiger partial charge is 0.305 e. The van der Waals surface area contributed by atoms with Gasteiger partial charge in [-0.25, -0.2) is 4.79 Å². The third-order valence-electron chi connectivity index (χ3n) is 3.94. The normalized spacial score (nSPS) is 16.0. The fourth-order valence-corrected chi connectivity index (χ4v) is 3.01. The lowest BCUT2D eigenvalue weighted by atomic mass is 10.0. The molecule has 5 heteroatoms. The van der Waals surface area contributed by atoms with Crippen LogP contribution in [0.3, 0.4) is 0 Å². The van der Waals surface area contributed by atoms with Gasteiger partial charge in [-0.05, 0) is 48.7 Å². The molecule has 3 rings (SSSR count). The van der Waals surface area contributed by atoms with Crippen molar-refractivity contribution in [2.45, 2.75) is 20.4 Å². The summed E-state index contributed by atoms with van der Waals surface area (Å²) in [7, 11) is 0. The molecule has 3 nitrogen and oxygen atoms in total. The van der Waals surface area contributed by atoms with E-state index in [0.29, 0.717) is 22.3 Å². The zero-order valence-electron chi connectivity index (χ0n) is 13.5. The molecular formula is C19H17ClN2OS. The molecule has 0 bridgehead atoms. The molecule has 2 amide bonds. The molecule has 0 radical (unpaired) electrons. The number of rotatable bonds is 3. The number of nitrogens with one attached hydrogen (secondary N) is 1. The molecule has 24 heavy (non-hydrogen) atoms. The molecule has 0 spiro atoms. The number of amides is 2. The average molecular weight is 357 g/mol. The number of urea groups is 1. The number of benzene rings is 2. The van der Waals surface area contributed by atoms with E-state index in [4.69, 9.17) is 23.8 Å². The van der Waals surface area contributed by atoms with Crippen molar-refractivity contribution in [2.75, 3.05) is 0 Å². The number of carbonyl (C=O) groups is 1. The maximum Gasteiger partial charge on any atom is 0.327 e. The van der Waals surface area contributed by atoms with Crippen molar-refractivity contribution in [3.63, 3.8) is 0 Å². The SMILES string of the molecule is Cc1ccc(/C=C2/NC(=O)N(Cc3ccc(Cl)cc3)C2=S)c(C)c1. The zero-order chi connectivity index (χ0) is 17.3. The minimum absolute atomic E-state index is 0.203. The summed E-state index contributed by atoms with van der Waals surface area (Å²) in [4.78, 5) is 14.3. The molecule has 2 aromatic carbocycles. The fourth-order valence-electron chi connectivity index (χ4n) is 2.63. The van der Waals surface area contributed by atoms with Gasteiger partial charge in [-0.3, -0.25) is 4.90 Å². The van der Waals surface area contributed by atoms with Crippen LogP contribution in [0.4, 0.5) is 4.79 Å². The second kappa shape index (κ2) is 6.75. The molecule has 1 heterocycles. The number of nitrogens with zero attached hydrogens (tertiary/aromatic N) is 1. The molecule has 0 aromatic heterocycles. The Kier molecular flexibility index (Phi) is 4.69. The summed E-state index contributed by atoms with van der Waals surface area (Å²) in [5.74, 6) is 0. The number of halogens is 1. The van der Waals surface area contributed by atoms with Gasteiger partial charge in [0.05, 0.1) is 12.2 Å². The fraction of sp³-hybridized carbons (Fsp3) is 0.158. The van der Waals surface area contributed by atoms with Crippen molar-refractivity contribution in [2.24, 2.45) is 0 Å². The molecule has 0 saturated carbocycles. The van der Waals surface area contributed by atoms with Crippen LogP contribution >= 0.6 is 23.8 Å². The van der Waals surface area contributed by atoms with E-state index in [1.54, 1.807) is 17.0 Å². The average Bonchev–Trinajstić information content (AvgIpc) is 2.80. The van der Waals surface area contributed by atoms with E-state index in [2.05, 4.69) is 18.3 Å². The van der Waals surface area contributed by atoms with Gasteiger partial charge in [-0.2, -0.15) is 0 Å². The summed E-state index contributed by atoms with van der Waals surface area (Å²) in [5, 5.41) is 3.53. The predicted octanol–water partition coefficient (Wildman–Crippen LogP) is 4.85. The summed E-state index contributed by atoms with van der Waals surface area (Å²) >= 11 is 11.4. The lowest BCUT2D eigenvalue weighted by Gasteiger charge is -2.14. The molecule has 1 N–H and O–H groups in total. The van der Waals surface area contributed by atoms with Gasteiger partial charge in [0.1, 0.15) is 4.99 Å². The van der Waals surface area contributed by atoms with Crippen LogP contribution in [0.25, 0.3) is 6.08 Å². The van der Waals surface area contributed by atoms with Gasteiger partial charge in [0.15, 0.2) is 0 Å². The van der Waals surface area contributed by atoms with E-state index in [9.17, 15) is 4.79 Å². The Morgan fingerprint density at radius 1 is 1.17 bits per heavy atom. The Morgan fingerprint density at radius 3 is 2.54 bits per heavy atom. The van der Waals surface area contributed by atoms with Crippen molar-refractivity contribution in [1.82, 2.24) is 10.2 Å². The first-order valence-corrected chi connectivity index (χ1v) is 8.39. The number of aryl methyl sites for hydroxylation is 2. The minimum atomic E-state index is -0.203. The third kappa shape index (κ3) is 3.50. The van der Waals surface area contributed by atoms with Gasteiger partial charge in [0, 0.05) is 5.02 Å². The third-order valence-corrected chi connectivity index (χ3v) is 4.63. The van der Waals surface area contributed by atoms with E-state index < -0.39 is 0 Å². The van der Waals surface area contributed by atoms with Crippen molar-refractivity contribution < 1.29 is 4.79 Å². The van der Waals surface area contributed by atoms with Gasteiger partial charge in [-0.15, -0.1) is 0 Å². The highest BCUT2D eigenvalue weighted by atomic mass is 35.5. The molecule has 2 aromatic rings. The zero-order valence-corrected chi connectivity index (χ0v) is 15.0. The second-order valence-electron chi connectivity index (χ2n) is 5.87. The van der Waals surface area contributed by atoms with Crippen molar-refractivity contribution in [3.8, 4) is 0 Å². The van der Waals surface area contributed by atoms with Crippen LogP contribution in [0.15, 0.2) is 48.2 Å². The molecular weight excluding hydrogens is 340 g/mol. The monoisotopic (exact) mass is 356 g/mol. The van der Waals surface area contributed by atoms with E-state index >= 15 is 0 Å². The number of carbonyl (C=O) groups excluding carboxylic acids is 1. The first-order chi connectivity index (χ1) is 11.4. The van der Waals surface area contributed by atoms with Crippen molar-refractivity contribution >= 4 is 40.9 Å². The molecule has 0 atom stereocenters. The van der Waals surface area contributed by atoms with Crippen molar-refractivity contribution in [1.29, 1.82) is 0 Å². The Morgan fingerprint density at radius 2 is 1.88 bits per heavy atom. The lowest BCUT2D eigenvalue weighted by Crippen LogP contribution is -2.29. The molecule has 1 aliphatic heterocycles. The first-order valence-electron chi connectivity index (χ1n) is 7.60. The van der Waals surface area contributed by atoms with E-state index in [-0.39, 0.29) is 6.03 Å². The van der Waals surface area contributed by atoms with Crippen LogP contribution in [0.5, 0.6) is 0 Å². The highest BCUT2D eigenvalue weighted by Crippen LogP contribution is 2.21. The highest BCUT2D eigenvalue weighted by Gasteiger charge is 2.30. The number of hydrogen-bond acceptors (Lipinski definition) is 2. The largest absolute Gasteiger partial charge is 0.327 e. The van der Waals surface area contributed by atoms with Crippen LogP contribution in [-0.4, -0.2) is 15.9 Å². The lowest BCUT2D eigenvalue weighted by molar-refractivity contribution is 0.228. The van der Waals surface area contributed by atoms with E-state index in [1.165, 1.54) is 5.56 Å². The van der Waals surface area contributed by atoms with E-state index in [1.807, 2.05) is 37.3 Å². The number of hydrogen-bond donors (Lipinski definition) is 1. The van der Waals surface area contributed by atoms with Crippen molar-refractivity contribution in [3.05, 3.63) is 75.4 Å². The molecule has 0 unspecified atom stereocenters. The second-order valence-corrected chi connectivity index (χ2v) is 6.69. The summed E-state index contributed by atoms with van der Waals surface area (Å²) in [6.45, 7) is 4.52. The Bertz CT molecular complexity index is 843. The summed E-state index contributed by atoms with van der Waals surface area (Å²) in [6.07, 6.45) is 1.93. The highest BCUT2D eigenvalue weighted by molar-refractivity contribution is 7.80. The Labute approximate surface area is 151 Å². The summed E-state index contributed by atoms with van der Waals surface area (Å²) in [6, 6.07) is 13.4.